The maximum absolute atomic E-state index is 9.36. The lowest BCUT2D eigenvalue weighted by Crippen LogP contribution is -2.06. The molecule has 0 saturated heterocycles. The Morgan fingerprint density at radius 2 is 2.27 bits per heavy atom. The Bertz CT molecular complexity index is 140. The van der Waals surface area contributed by atoms with Crippen molar-refractivity contribution < 1.29 is 5.11 Å². The van der Waals surface area contributed by atoms with Crippen LogP contribution < -0.4 is 0 Å². The molecular weight excluding hydrogens is 136 g/mol. The van der Waals surface area contributed by atoms with Crippen molar-refractivity contribution in [2.45, 2.75) is 32.8 Å². The molecule has 0 aromatic rings. The van der Waals surface area contributed by atoms with E-state index in [4.69, 9.17) is 0 Å². The maximum atomic E-state index is 9.36. The molecule has 0 aliphatic heterocycles. The maximum Gasteiger partial charge on any atom is 0.0749 e. The van der Waals surface area contributed by atoms with Crippen LogP contribution in [0.4, 0.5) is 0 Å². The van der Waals surface area contributed by atoms with E-state index in [-0.39, 0.29) is 6.10 Å². The summed E-state index contributed by atoms with van der Waals surface area (Å²) in [6, 6.07) is 0. The molecule has 1 N–H and O–H groups in total. The smallest absolute Gasteiger partial charge is 0.0749 e. The van der Waals surface area contributed by atoms with Gasteiger partial charge in [0.1, 0.15) is 0 Å². The van der Waals surface area contributed by atoms with Crippen LogP contribution in [0.1, 0.15) is 26.7 Å². The van der Waals surface area contributed by atoms with Crippen molar-refractivity contribution in [1.29, 1.82) is 0 Å². The molecule has 0 radical (unpaired) electrons. The number of aliphatic hydroxyl groups is 1. The number of hydrogen-bond acceptors (Lipinski definition) is 1. The molecule has 1 nitrogen and oxygen atoms in total. The summed E-state index contributed by atoms with van der Waals surface area (Å²) < 4.78 is 0. The molecule has 64 valence electrons. The lowest BCUT2D eigenvalue weighted by Gasteiger charge is -2.05. The predicted molar refractivity (Wildman–Crippen MR) is 47.3 cm³/mol. The number of rotatable bonds is 4. The van der Waals surface area contributed by atoms with Crippen molar-refractivity contribution in [3.05, 3.63) is 12.7 Å². The van der Waals surface area contributed by atoms with Gasteiger partial charge in [-0.25, -0.2) is 0 Å². The van der Waals surface area contributed by atoms with Crippen molar-refractivity contribution >= 4 is 0 Å². The van der Waals surface area contributed by atoms with Crippen LogP contribution in [-0.2, 0) is 0 Å². The Morgan fingerprint density at radius 3 is 2.73 bits per heavy atom. The summed E-state index contributed by atoms with van der Waals surface area (Å²) >= 11 is 0. The molecule has 1 aliphatic carbocycles. The van der Waals surface area contributed by atoms with Gasteiger partial charge < -0.3 is 5.11 Å². The highest BCUT2D eigenvalue weighted by Crippen LogP contribution is 2.45. The molecule has 1 fully saturated rings. The Balaban J connectivity index is 2.20. The van der Waals surface area contributed by atoms with E-state index in [1.54, 1.807) is 6.08 Å². The first-order chi connectivity index (χ1) is 5.15. The fraction of sp³-hybridized carbons (Fsp3) is 0.800. The highest BCUT2D eigenvalue weighted by Gasteiger charge is 2.40. The van der Waals surface area contributed by atoms with Gasteiger partial charge in [-0.05, 0) is 30.6 Å². The molecule has 1 saturated carbocycles. The number of hydrogen-bond donors (Lipinski definition) is 1. The second-order valence-corrected chi connectivity index (χ2v) is 4.02. The van der Waals surface area contributed by atoms with Crippen LogP contribution in [-0.4, -0.2) is 11.2 Å². The molecule has 3 atom stereocenters. The lowest BCUT2D eigenvalue weighted by atomic mass is 10.0. The van der Waals surface area contributed by atoms with Gasteiger partial charge in [0.2, 0.25) is 0 Å². The van der Waals surface area contributed by atoms with E-state index < -0.39 is 0 Å². The quantitative estimate of drug-likeness (QED) is 0.615. The van der Waals surface area contributed by atoms with E-state index in [0.29, 0.717) is 5.92 Å². The second kappa shape index (κ2) is 3.40. The third kappa shape index (κ3) is 2.33. The molecule has 3 unspecified atom stereocenters. The van der Waals surface area contributed by atoms with Crippen LogP contribution in [0.3, 0.4) is 0 Å². The van der Waals surface area contributed by atoms with Gasteiger partial charge in [0, 0.05) is 0 Å². The van der Waals surface area contributed by atoms with Crippen molar-refractivity contribution in [1.82, 2.24) is 0 Å². The Labute approximate surface area is 69.1 Å². The molecule has 0 heterocycles. The molecule has 1 rings (SSSR count). The van der Waals surface area contributed by atoms with Crippen LogP contribution in [0, 0.1) is 17.8 Å². The predicted octanol–water partition coefficient (Wildman–Crippen LogP) is 2.22. The largest absolute Gasteiger partial charge is 0.389 e. The minimum absolute atomic E-state index is 0.251. The Morgan fingerprint density at radius 1 is 1.64 bits per heavy atom. The summed E-state index contributed by atoms with van der Waals surface area (Å²) in [4.78, 5) is 0. The molecule has 0 aromatic heterocycles. The van der Waals surface area contributed by atoms with Crippen LogP contribution in [0.2, 0.25) is 0 Å². The highest BCUT2D eigenvalue weighted by atomic mass is 16.3. The lowest BCUT2D eigenvalue weighted by molar-refractivity contribution is 0.190. The Hall–Kier alpha value is -0.300. The average molecular weight is 154 g/mol. The minimum Gasteiger partial charge on any atom is -0.389 e. The standard InChI is InChI=1S/C10H18O/c1-4-10(11)9-6-8(9)5-7(2)3/h4,7-11H,1,5-6H2,2-3H3. The van der Waals surface area contributed by atoms with Crippen molar-refractivity contribution in [2.24, 2.45) is 17.8 Å². The average Bonchev–Trinajstić information content (AvgIpc) is 2.65. The molecule has 0 amide bonds. The highest BCUT2D eigenvalue weighted by molar-refractivity contribution is 4.98. The molecule has 1 heteroatoms. The fourth-order valence-electron chi connectivity index (χ4n) is 1.74. The zero-order valence-corrected chi connectivity index (χ0v) is 7.46. The Kier molecular flexibility index (Phi) is 2.72. The van der Waals surface area contributed by atoms with E-state index in [1.165, 1.54) is 12.8 Å². The molecule has 11 heavy (non-hydrogen) atoms. The van der Waals surface area contributed by atoms with Gasteiger partial charge in [0.05, 0.1) is 6.10 Å². The normalized spacial score (nSPS) is 32.0. The summed E-state index contributed by atoms with van der Waals surface area (Å²) in [5, 5.41) is 9.36. The summed E-state index contributed by atoms with van der Waals surface area (Å²) in [6.45, 7) is 8.05. The first kappa shape index (κ1) is 8.79. The zero-order valence-electron chi connectivity index (χ0n) is 7.46. The van der Waals surface area contributed by atoms with Crippen LogP contribution in [0.25, 0.3) is 0 Å². The van der Waals surface area contributed by atoms with E-state index in [2.05, 4.69) is 20.4 Å². The summed E-state index contributed by atoms with van der Waals surface area (Å²) in [6.07, 6.45) is 3.87. The van der Waals surface area contributed by atoms with E-state index in [9.17, 15) is 5.11 Å². The monoisotopic (exact) mass is 154 g/mol. The van der Waals surface area contributed by atoms with Crippen LogP contribution in [0.15, 0.2) is 12.7 Å². The van der Waals surface area contributed by atoms with Gasteiger partial charge in [-0.3, -0.25) is 0 Å². The summed E-state index contributed by atoms with van der Waals surface area (Å²) in [5.74, 6) is 2.06. The van der Waals surface area contributed by atoms with Gasteiger partial charge in [-0.1, -0.05) is 19.9 Å². The van der Waals surface area contributed by atoms with Gasteiger partial charge >= 0.3 is 0 Å². The summed E-state index contributed by atoms with van der Waals surface area (Å²) in [7, 11) is 0. The fourth-order valence-corrected chi connectivity index (χ4v) is 1.74. The van der Waals surface area contributed by atoms with Crippen LogP contribution >= 0.6 is 0 Å². The first-order valence-electron chi connectivity index (χ1n) is 4.45. The van der Waals surface area contributed by atoms with Crippen molar-refractivity contribution in [3.8, 4) is 0 Å². The van der Waals surface area contributed by atoms with Crippen molar-refractivity contribution in [3.63, 3.8) is 0 Å². The second-order valence-electron chi connectivity index (χ2n) is 4.02. The number of aliphatic hydroxyl groups excluding tert-OH is 1. The molecule has 0 spiro atoms. The molecule has 1 aliphatic rings. The summed E-state index contributed by atoms with van der Waals surface area (Å²) in [5.41, 5.74) is 0. The van der Waals surface area contributed by atoms with Gasteiger partial charge in [-0.2, -0.15) is 0 Å². The zero-order chi connectivity index (χ0) is 8.43. The van der Waals surface area contributed by atoms with Gasteiger partial charge in [0.15, 0.2) is 0 Å². The van der Waals surface area contributed by atoms with Crippen LogP contribution in [0.5, 0.6) is 0 Å². The molecular formula is C10H18O. The SMILES string of the molecule is C=CC(O)C1CC1CC(C)C. The topological polar surface area (TPSA) is 20.2 Å². The van der Waals surface area contributed by atoms with Gasteiger partial charge in [-0.15, -0.1) is 6.58 Å². The van der Waals surface area contributed by atoms with E-state index in [0.717, 1.165) is 11.8 Å². The molecule has 0 aromatic carbocycles. The van der Waals surface area contributed by atoms with E-state index in [1.807, 2.05) is 0 Å². The minimum atomic E-state index is -0.251. The van der Waals surface area contributed by atoms with Gasteiger partial charge in [0.25, 0.3) is 0 Å². The van der Waals surface area contributed by atoms with Crippen molar-refractivity contribution in [2.75, 3.05) is 0 Å². The third-order valence-electron chi connectivity index (χ3n) is 2.43. The van der Waals surface area contributed by atoms with E-state index >= 15 is 0 Å². The first-order valence-corrected chi connectivity index (χ1v) is 4.45. The third-order valence-corrected chi connectivity index (χ3v) is 2.43. The molecule has 0 bridgehead atoms.